The molecule has 0 N–H and O–H groups in total. The number of rotatable bonds is 5. The van der Waals surface area contributed by atoms with Gasteiger partial charge in [0.1, 0.15) is 13.2 Å². The minimum absolute atomic E-state index is 0.152. The van der Waals surface area contributed by atoms with Gasteiger partial charge in [-0.1, -0.05) is 6.07 Å². The van der Waals surface area contributed by atoms with Gasteiger partial charge in [-0.15, -0.1) is 10.2 Å². The first-order valence-electron chi connectivity index (χ1n) is 8.53. The van der Waals surface area contributed by atoms with E-state index in [1.807, 2.05) is 31.3 Å². The van der Waals surface area contributed by atoms with E-state index in [1.165, 1.54) is 0 Å². The van der Waals surface area contributed by atoms with Crippen LogP contribution in [0.2, 0.25) is 0 Å². The van der Waals surface area contributed by atoms with Gasteiger partial charge in [-0.2, -0.15) is 0 Å². The molecule has 26 heavy (non-hydrogen) atoms. The Morgan fingerprint density at radius 1 is 1.12 bits per heavy atom. The molecule has 0 saturated heterocycles. The van der Waals surface area contributed by atoms with Gasteiger partial charge in [0.15, 0.2) is 11.5 Å². The second-order valence-electron chi connectivity index (χ2n) is 6.24. The first-order valence-corrected chi connectivity index (χ1v) is 8.53. The Labute approximate surface area is 151 Å². The quantitative estimate of drug-likeness (QED) is 0.698. The van der Waals surface area contributed by atoms with Gasteiger partial charge in [0.05, 0.1) is 12.1 Å². The van der Waals surface area contributed by atoms with Crippen LogP contribution in [0.5, 0.6) is 11.5 Å². The molecule has 0 aliphatic carbocycles. The zero-order chi connectivity index (χ0) is 17.9. The van der Waals surface area contributed by atoms with Crippen LogP contribution in [0.25, 0.3) is 11.5 Å². The van der Waals surface area contributed by atoms with Gasteiger partial charge in [-0.3, -0.25) is 9.88 Å². The zero-order valence-corrected chi connectivity index (χ0v) is 14.8. The van der Waals surface area contributed by atoms with Gasteiger partial charge in [0.2, 0.25) is 11.8 Å². The van der Waals surface area contributed by atoms with Gasteiger partial charge < -0.3 is 13.9 Å². The van der Waals surface area contributed by atoms with Crippen LogP contribution in [0.1, 0.15) is 24.4 Å². The molecule has 0 fully saturated rings. The van der Waals surface area contributed by atoms with Crippen LogP contribution in [-0.2, 0) is 6.54 Å². The monoisotopic (exact) mass is 352 g/mol. The van der Waals surface area contributed by atoms with E-state index in [4.69, 9.17) is 13.9 Å². The van der Waals surface area contributed by atoms with E-state index in [0.29, 0.717) is 31.5 Å². The number of pyridine rings is 1. The Bertz CT molecular complexity index is 882. The summed E-state index contributed by atoms with van der Waals surface area (Å²) in [6, 6.07) is 9.94. The number of ether oxygens (including phenoxy) is 2. The van der Waals surface area contributed by atoms with Crippen molar-refractivity contribution >= 4 is 0 Å². The van der Waals surface area contributed by atoms with E-state index >= 15 is 0 Å². The third-order valence-corrected chi connectivity index (χ3v) is 4.47. The summed E-state index contributed by atoms with van der Waals surface area (Å²) in [7, 11) is 2.02. The van der Waals surface area contributed by atoms with E-state index in [-0.39, 0.29) is 6.04 Å². The Kier molecular flexibility index (Phi) is 4.53. The lowest BCUT2D eigenvalue weighted by molar-refractivity contribution is 0.170. The minimum Gasteiger partial charge on any atom is -0.486 e. The highest BCUT2D eigenvalue weighted by molar-refractivity contribution is 5.50. The molecule has 1 atom stereocenters. The van der Waals surface area contributed by atoms with Crippen LogP contribution in [-0.4, -0.2) is 40.3 Å². The third kappa shape index (κ3) is 3.39. The van der Waals surface area contributed by atoms with Crippen molar-refractivity contribution in [2.24, 2.45) is 0 Å². The third-order valence-electron chi connectivity index (χ3n) is 4.47. The molecule has 0 spiro atoms. The van der Waals surface area contributed by atoms with Gasteiger partial charge in [0.25, 0.3) is 0 Å². The van der Waals surface area contributed by atoms with E-state index in [1.54, 1.807) is 12.4 Å². The maximum Gasteiger partial charge on any atom is 0.249 e. The predicted molar refractivity (Wildman–Crippen MR) is 94.8 cm³/mol. The lowest BCUT2D eigenvalue weighted by Gasteiger charge is -2.25. The van der Waals surface area contributed by atoms with Gasteiger partial charge >= 0.3 is 0 Å². The molecule has 0 unspecified atom stereocenters. The van der Waals surface area contributed by atoms with E-state index in [2.05, 4.69) is 33.1 Å². The van der Waals surface area contributed by atoms with Crippen molar-refractivity contribution in [3.8, 4) is 23.0 Å². The van der Waals surface area contributed by atoms with Gasteiger partial charge in [0, 0.05) is 18.4 Å². The topological polar surface area (TPSA) is 73.5 Å². The standard InChI is InChI=1S/C19H20N4O3/c1-13(14-5-6-16-17(10-14)25-9-8-24-16)23(2)12-18-21-22-19(26-18)15-4-3-7-20-11-15/h3-7,10-11,13H,8-9,12H2,1-2H3/t13-/m0/s1. The van der Waals surface area contributed by atoms with Crippen LogP contribution in [0, 0.1) is 0 Å². The average molecular weight is 352 g/mol. The molecule has 4 rings (SSSR count). The van der Waals surface area contributed by atoms with Crippen molar-refractivity contribution in [1.82, 2.24) is 20.1 Å². The summed E-state index contributed by atoms with van der Waals surface area (Å²) in [6.45, 7) is 3.85. The summed E-state index contributed by atoms with van der Waals surface area (Å²) in [6.07, 6.45) is 3.42. The molecule has 3 heterocycles. The van der Waals surface area contributed by atoms with E-state index in [9.17, 15) is 0 Å². The SMILES string of the molecule is C[C@@H](c1ccc2c(c1)OCCO2)N(C)Cc1nnc(-c2cccnc2)o1. The highest BCUT2D eigenvalue weighted by Crippen LogP contribution is 2.34. The number of nitrogens with zero attached hydrogens (tertiary/aromatic N) is 4. The van der Waals surface area contributed by atoms with Crippen molar-refractivity contribution in [1.29, 1.82) is 0 Å². The number of fused-ring (bicyclic) bond motifs is 1. The molecule has 2 aromatic heterocycles. The molecule has 0 radical (unpaired) electrons. The fraction of sp³-hybridized carbons (Fsp3) is 0.316. The summed E-state index contributed by atoms with van der Waals surface area (Å²) in [5, 5.41) is 8.26. The second-order valence-corrected chi connectivity index (χ2v) is 6.24. The molecule has 0 amide bonds. The Morgan fingerprint density at radius 2 is 1.96 bits per heavy atom. The van der Waals surface area contributed by atoms with Gasteiger partial charge in [-0.05, 0) is 43.8 Å². The zero-order valence-electron chi connectivity index (χ0n) is 14.8. The van der Waals surface area contributed by atoms with Crippen LogP contribution in [0.15, 0.2) is 47.1 Å². The van der Waals surface area contributed by atoms with E-state index < -0.39 is 0 Å². The van der Waals surface area contributed by atoms with Crippen LogP contribution in [0.4, 0.5) is 0 Å². The largest absolute Gasteiger partial charge is 0.486 e. The first kappa shape index (κ1) is 16.5. The highest BCUT2D eigenvalue weighted by atomic mass is 16.6. The molecule has 0 saturated carbocycles. The molecule has 0 bridgehead atoms. The molecule has 7 heteroatoms. The molecule has 134 valence electrons. The summed E-state index contributed by atoms with van der Waals surface area (Å²) in [5.41, 5.74) is 1.96. The number of benzene rings is 1. The smallest absolute Gasteiger partial charge is 0.249 e. The van der Waals surface area contributed by atoms with Crippen LogP contribution < -0.4 is 9.47 Å². The number of hydrogen-bond donors (Lipinski definition) is 0. The number of aromatic nitrogens is 3. The molecule has 7 nitrogen and oxygen atoms in total. The molecular weight excluding hydrogens is 332 g/mol. The van der Waals surface area contributed by atoms with Crippen molar-refractivity contribution in [2.45, 2.75) is 19.5 Å². The summed E-state index contributed by atoms with van der Waals surface area (Å²) < 4.78 is 17.0. The maximum atomic E-state index is 5.77. The highest BCUT2D eigenvalue weighted by Gasteiger charge is 2.19. The fourth-order valence-corrected chi connectivity index (χ4v) is 2.85. The van der Waals surface area contributed by atoms with Crippen molar-refractivity contribution in [2.75, 3.05) is 20.3 Å². The first-order chi connectivity index (χ1) is 12.7. The molecule has 1 aliphatic rings. The van der Waals surface area contributed by atoms with Crippen LogP contribution >= 0.6 is 0 Å². The fourth-order valence-electron chi connectivity index (χ4n) is 2.85. The van der Waals surface area contributed by atoms with Crippen molar-refractivity contribution < 1.29 is 13.9 Å². The lowest BCUT2D eigenvalue weighted by Crippen LogP contribution is -2.22. The van der Waals surface area contributed by atoms with Crippen molar-refractivity contribution in [3.63, 3.8) is 0 Å². The molecule has 3 aromatic rings. The normalized spacial score (nSPS) is 14.4. The Hall–Kier alpha value is -2.93. The van der Waals surface area contributed by atoms with E-state index in [0.717, 1.165) is 22.6 Å². The summed E-state index contributed by atoms with van der Waals surface area (Å²) in [4.78, 5) is 6.22. The predicted octanol–water partition coefficient (Wildman–Crippen LogP) is 3.10. The number of hydrogen-bond acceptors (Lipinski definition) is 7. The Morgan fingerprint density at radius 3 is 2.77 bits per heavy atom. The molecular formula is C19H20N4O3. The second kappa shape index (κ2) is 7.13. The molecule has 1 aliphatic heterocycles. The van der Waals surface area contributed by atoms with Gasteiger partial charge in [-0.25, -0.2) is 0 Å². The summed E-state index contributed by atoms with van der Waals surface area (Å²) >= 11 is 0. The molecule has 1 aromatic carbocycles. The van der Waals surface area contributed by atoms with Crippen LogP contribution in [0.3, 0.4) is 0 Å². The Balaban J connectivity index is 1.46. The minimum atomic E-state index is 0.152. The average Bonchev–Trinajstić information content (AvgIpc) is 3.16. The van der Waals surface area contributed by atoms with Crippen molar-refractivity contribution in [3.05, 3.63) is 54.2 Å². The maximum absolute atomic E-state index is 5.77. The lowest BCUT2D eigenvalue weighted by atomic mass is 10.1. The summed E-state index contributed by atoms with van der Waals surface area (Å²) in [5.74, 6) is 2.64.